The Bertz CT molecular complexity index is 551. The van der Waals surface area contributed by atoms with Crippen LogP contribution in [0.4, 0.5) is 0 Å². The van der Waals surface area contributed by atoms with Crippen LogP contribution < -0.4 is 0 Å². The minimum atomic E-state index is -3.70. The molecule has 7 nitrogen and oxygen atoms in total. The summed E-state index contributed by atoms with van der Waals surface area (Å²) in [5, 5.41) is 15.5. The number of aliphatic hydroxyl groups is 1. The molecule has 0 bridgehead atoms. The molecule has 114 valence electrons. The number of rotatable bonds is 8. The van der Waals surface area contributed by atoms with E-state index in [-0.39, 0.29) is 18.2 Å². The molecule has 2 rings (SSSR count). The van der Waals surface area contributed by atoms with Gasteiger partial charge in [0.2, 0.25) is 0 Å². The highest BCUT2D eigenvalue weighted by Crippen LogP contribution is 2.28. The van der Waals surface area contributed by atoms with Gasteiger partial charge in [-0.25, -0.2) is 8.42 Å². The van der Waals surface area contributed by atoms with E-state index in [4.69, 9.17) is 4.74 Å². The third kappa shape index (κ3) is 3.38. The quantitative estimate of drug-likeness (QED) is 0.672. The van der Waals surface area contributed by atoms with Gasteiger partial charge >= 0.3 is 0 Å². The molecule has 0 aromatic carbocycles. The Balaban J connectivity index is 1.96. The number of H-pyrrole nitrogens is 1. The highest BCUT2D eigenvalue weighted by Gasteiger charge is 2.28. The van der Waals surface area contributed by atoms with Crippen LogP contribution in [0, 0.1) is 12.8 Å². The maximum absolute atomic E-state index is 12.3. The number of hydrogen-bond acceptors (Lipinski definition) is 5. The number of ether oxygens (including phenoxy) is 1. The van der Waals surface area contributed by atoms with Gasteiger partial charge in [0, 0.05) is 31.5 Å². The molecule has 0 saturated heterocycles. The van der Waals surface area contributed by atoms with Crippen LogP contribution in [-0.4, -0.2) is 54.8 Å². The molecule has 1 saturated carbocycles. The van der Waals surface area contributed by atoms with E-state index in [1.807, 2.05) is 0 Å². The van der Waals surface area contributed by atoms with Gasteiger partial charge in [-0.2, -0.15) is 9.40 Å². The molecule has 1 aromatic rings. The van der Waals surface area contributed by atoms with E-state index < -0.39 is 10.0 Å². The van der Waals surface area contributed by atoms with Crippen molar-refractivity contribution in [1.82, 2.24) is 14.5 Å². The monoisotopic (exact) mass is 303 g/mol. The molecule has 0 atom stereocenters. The van der Waals surface area contributed by atoms with Gasteiger partial charge in [0.1, 0.15) is 0 Å². The third-order valence-electron chi connectivity index (χ3n) is 3.45. The molecular formula is C12H21N3O4S. The van der Waals surface area contributed by atoms with Crippen LogP contribution in [0.15, 0.2) is 5.03 Å². The SMILES string of the molecule is Cc1[nH]nc(S(=O)(=O)N(C)CCOCC2CC2)c1CO. The molecule has 0 aliphatic heterocycles. The molecular weight excluding hydrogens is 282 g/mol. The van der Waals surface area contributed by atoms with E-state index in [1.165, 1.54) is 24.2 Å². The Morgan fingerprint density at radius 1 is 1.50 bits per heavy atom. The molecule has 0 spiro atoms. The second-order valence-electron chi connectivity index (χ2n) is 5.14. The zero-order valence-electron chi connectivity index (χ0n) is 11.8. The van der Waals surface area contributed by atoms with Gasteiger partial charge in [-0.15, -0.1) is 0 Å². The van der Waals surface area contributed by atoms with E-state index in [0.29, 0.717) is 30.4 Å². The van der Waals surface area contributed by atoms with Crippen molar-refractivity contribution in [3.8, 4) is 0 Å². The fraction of sp³-hybridized carbons (Fsp3) is 0.750. The van der Waals surface area contributed by atoms with Crippen LogP contribution in [0.2, 0.25) is 0 Å². The second-order valence-corrected chi connectivity index (χ2v) is 7.10. The van der Waals surface area contributed by atoms with Gasteiger partial charge in [0.15, 0.2) is 5.03 Å². The first-order valence-corrected chi connectivity index (χ1v) is 8.09. The number of aromatic nitrogens is 2. The lowest BCUT2D eigenvalue weighted by Gasteiger charge is -2.16. The number of aryl methyl sites for hydroxylation is 1. The van der Waals surface area contributed by atoms with Crippen molar-refractivity contribution in [3.63, 3.8) is 0 Å². The summed E-state index contributed by atoms with van der Waals surface area (Å²) in [5.41, 5.74) is 0.875. The molecule has 0 unspecified atom stereocenters. The number of nitrogens with zero attached hydrogens (tertiary/aromatic N) is 2. The van der Waals surface area contributed by atoms with E-state index in [9.17, 15) is 13.5 Å². The summed E-state index contributed by atoms with van der Waals surface area (Å²) in [6.45, 7) is 2.66. The maximum atomic E-state index is 12.3. The minimum Gasteiger partial charge on any atom is -0.392 e. The summed E-state index contributed by atoms with van der Waals surface area (Å²) in [5.74, 6) is 0.659. The predicted molar refractivity (Wildman–Crippen MR) is 72.6 cm³/mol. The lowest BCUT2D eigenvalue weighted by molar-refractivity contribution is 0.117. The molecule has 0 amide bonds. The van der Waals surface area contributed by atoms with Gasteiger partial charge in [0.05, 0.1) is 13.2 Å². The Hall–Kier alpha value is -0.960. The maximum Gasteiger partial charge on any atom is 0.262 e. The topological polar surface area (TPSA) is 95.5 Å². The zero-order valence-corrected chi connectivity index (χ0v) is 12.6. The molecule has 2 N–H and O–H groups in total. The van der Waals surface area contributed by atoms with Crippen molar-refractivity contribution in [2.24, 2.45) is 5.92 Å². The van der Waals surface area contributed by atoms with Gasteiger partial charge in [0.25, 0.3) is 10.0 Å². The Kier molecular flexibility index (Phi) is 4.79. The average molecular weight is 303 g/mol. The van der Waals surface area contributed by atoms with Crippen LogP contribution in [-0.2, 0) is 21.4 Å². The van der Waals surface area contributed by atoms with E-state index in [1.54, 1.807) is 6.92 Å². The molecule has 0 radical (unpaired) electrons. The number of aliphatic hydroxyl groups excluding tert-OH is 1. The lowest BCUT2D eigenvalue weighted by atomic mass is 10.3. The van der Waals surface area contributed by atoms with Crippen molar-refractivity contribution in [2.75, 3.05) is 26.8 Å². The number of nitrogens with one attached hydrogen (secondary N) is 1. The largest absolute Gasteiger partial charge is 0.392 e. The van der Waals surface area contributed by atoms with Crippen molar-refractivity contribution >= 4 is 10.0 Å². The van der Waals surface area contributed by atoms with Crippen molar-refractivity contribution in [2.45, 2.75) is 31.4 Å². The fourth-order valence-corrected chi connectivity index (χ4v) is 3.13. The van der Waals surface area contributed by atoms with Crippen LogP contribution in [0.5, 0.6) is 0 Å². The smallest absolute Gasteiger partial charge is 0.262 e. The first-order valence-electron chi connectivity index (χ1n) is 6.65. The molecule has 1 fully saturated rings. The summed E-state index contributed by atoms with van der Waals surface area (Å²) in [4.78, 5) is 0. The van der Waals surface area contributed by atoms with E-state index in [0.717, 1.165) is 0 Å². The van der Waals surface area contributed by atoms with Crippen LogP contribution >= 0.6 is 0 Å². The normalized spacial score (nSPS) is 16.0. The second kappa shape index (κ2) is 6.21. The van der Waals surface area contributed by atoms with Gasteiger partial charge in [-0.1, -0.05) is 0 Å². The number of likely N-dealkylation sites (N-methyl/N-ethyl adjacent to an activating group) is 1. The van der Waals surface area contributed by atoms with Crippen LogP contribution in [0.1, 0.15) is 24.1 Å². The summed E-state index contributed by atoms with van der Waals surface area (Å²) >= 11 is 0. The van der Waals surface area contributed by atoms with Crippen molar-refractivity contribution < 1.29 is 18.3 Å². The molecule has 8 heteroatoms. The standard InChI is InChI=1S/C12H21N3O4S/c1-9-11(7-16)12(14-13-9)20(17,18)15(2)5-6-19-8-10-3-4-10/h10,16H,3-8H2,1-2H3,(H,13,14). The average Bonchev–Trinajstić information content (AvgIpc) is 3.15. The van der Waals surface area contributed by atoms with E-state index in [2.05, 4.69) is 10.2 Å². The number of sulfonamides is 1. The zero-order chi connectivity index (χ0) is 14.8. The minimum absolute atomic E-state index is 0.109. The van der Waals surface area contributed by atoms with Crippen molar-refractivity contribution in [1.29, 1.82) is 0 Å². The fourth-order valence-electron chi connectivity index (χ4n) is 1.82. The number of aromatic amines is 1. The summed E-state index contributed by atoms with van der Waals surface area (Å²) < 4.78 is 31.3. The van der Waals surface area contributed by atoms with Gasteiger partial charge in [-0.3, -0.25) is 5.10 Å². The van der Waals surface area contributed by atoms with Crippen LogP contribution in [0.3, 0.4) is 0 Å². The predicted octanol–water partition coefficient (Wildman–Crippen LogP) is 0.258. The van der Waals surface area contributed by atoms with Crippen LogP contribution in [0.25, 0.3) is 0 Å². The van der Waals surface area contributed by atoms with Crippen molar-refractivity contribution in [3.05, 3.63) is 11.3 Å². The number of hydrogen-bond donors (Lipinski definition) is 2. The highest BCUT2D eigenvalue weighted by molar-refractivity contribution is 7.89. The summed E-state index contributed by atoms with van der Waals surface area (Å²) in [6.07, 6.45) is 2.42. The van der Waals surface area contributed by atoms with Gasteiger partial charge < -0.3 is 9.84 Å². The Morgan fingerprint density at radius 3 is 2.80 bits per heavy atom. The molecule has 20 heavy (non-hydrogen) atoms. The summed E-state index contributed by atoms with van der Waals surface area (Å²) in [7, 11) is -2.21. The van der Waals surface area contributed by atoms with Gasteiger partial charge in [-0.05, 0) is 25.7 Å². The first kappa shape index (κ1) is 15.4. The Labute approximate surface area is 119 Å². The highest BCUT2D eigenvalue weighted by atomic mass is 32.2. The summed E-state index contributed by atoms with van der Waals surface area (Å²) in [6, 6.07) is 0. The molecule has 1 aliphatic rings. The Morgan fingerprint density at radius 2 is 2.20 bits per heavy atom. The van der Waals surface area contributed by atoms with E-state index >= 15 is 0 Å². The molecule has 1 aromatic heterocycles. The molecule has 1 aliphatic carbocycles. The first-order chi connectivity index (χ1) is 9.46. The third-order valence-corrected chi connectivity index (χ3v) is 5.28. The lowest BCUT2D eigenvalue weighted by Crippen LogP contribution is -2.31. The molecule has 1 heterocycles.